The van der Waals surface area contributed by atoms with Crippen LogP contribution in [0.3, 0.4) is 0 Å². The SMILES string of the molecule is CCCCS(=O)(=O)Nc1ccc2ccn(CC(=O)CCC(=O)O)c2c1.CCCCS(=O)(=O)Nc1ccc2ccn(CC(=O)CCC(=O)OC)c2c1.COC(=O)CCC(=O)Cn1ccc2ccc(N)cc21. The van der Waals surface area contributed by atoms with Crippen molar-refractivity contribution >= 4 is 105 Å². The number of ether oxygens (including phenoxy) is 2. The zero-order chi connectivity index (χ0) is 51.4. The van der Waals surface area contributed by atoms with E-state index in [1.807, 2.05) is 67.1 Å². The standard InChI is InChI=1S/C18H24N2O5S.C17H22N2O5S.C14H16N2O3/c1-3-4-11-26(23,24)19-15-6-5-14-9-10-20(17(14)12-15)13-16(21)7-8-18(22)25-2;1-2-3-10-25(23,24)18-14-5-4-13-8-9-19(16(13)11-14)12-15(20)6-7-17(21)22;1-19-14(18)5-4-12(17)9-16-7-6-10-2-3-11(15)8-13(10)16/h5-6,9-10,12,19H,3-4,7-8,11,13H2,1-2H3;4-5,8-9,11,18H,2-3,6-7,10,12H2,1H3,(H,21,22);2-3,6-8H,4-5,9,15H2,1H3. The Kier molecular flexibility index (Phi) is 21.2. The number of aliphatic carboxylic acids is 1. The van der Waals surface area contributed by atoms with Gasteiger partial charge in [0.15, 0.2) is 17.3 Å². The molecule has 0 amide bonds. The molecular formula is C49H62N6O13S2. The van der Waals surface area contributed by atoms with Crippen molar-refractivity contribution in [2.45, 2.75) is 97.7 Å². The van der Waals surface area contributed by atoms with Crippen LogP contribution in [0.4, 0.5) is 17.1 Å². The number of hydrogen-bond donors (Lipinski definition) is 4. The number of hydrogen-bond acceptors (Lipinski definition) is 13. The Hall–Kier alpha value is -7.00. The van der Waals surface area contributed by atoms with Gasteiger partial charge in [0, 0.05) is 43.5 Å². The first-order chi connectivity index (χ1) is 33.2. The molecule has 3 aromatic heterocycles. The van der Waals surface area contributed by atoms with Crippen LogP contribution < -0.4 is 15.2 Å². The van der Waals surface area contributed by atoms with Gasteiger partial charge in [-0.1, -0.05) is 44.9 Å². The molecule has 0 fully saturated rings. The molecule has 6 rings (SSSR count). The quantitative estimate of drug-likeness (QED) is 0.0330. The smallest absolute Gasteiger partial charge is 0.305 e. The number of anilines is 3. The minimum Gasteiger partial charge on any atom is -0.481 e. The number of nitrogens with zero attached hydrogens (tertiary/aromatic N) is 3. The molecule has 0 aliphatic rings. The summed E-state index contributed by atoms with van der Waals surface area (Å²) in [6.07, 6.45) is 8.39. The second kappa shape index (κ2) is 26.7. The van der Waals surface area contributed by atoms with Crippen molar-refractivity contribution in [2.24, 2.45) is 0 Å². The van der Waals surface area contributed by atoms with Gasteiger partial charge >= 0.3 is 17.9 Å². The Labute approximate surface area is 407 Å². The lowest BCUT2D eigenvalue weighted by Crippen LogP contribution is -2.16. The Morgan fingerprint density at radius 2 is 0.886 bits per heavy atom. The number of Topliss-reactive ketones (excluding diaryl/α,β-unsaturated/α-hetero) is 3. The summed E-state index contributed by atoms with van der Waals surface area (Å²) in [5.41, 5.74) is 9.72. The summed E-state index contributed by atoms with van der Waals surface area (Å²) < 4.78 is 67.6. The number of methoxy groups -OCH3 is 2. The fourth-order valence-electron chi connectivity index (χ4n) is 6.98. The van der Waals surface area contributed by atoms with Crippen LogP contribution in [0.15, 0.2) is 91.4 Å². The van der Waals surface area contributed by atoms with Crippen molar-refractivity contribution in [2.75, 3.05) is 40.9 Å². The molecule has 0 aliphatic heterocycles. The Morgan fingerprint density at radius 3 is 1.24 bits per heavy atom. The summed E-state index contributed by atoms with van der Waals surface area (Å²) in [5, 5.41) is 11.5. The average molecular weight is 1010 g/mol. The van der Waals surface area contributed by atoms with E-state index in [4.69, 9.17) is 10.8 Å². The number of carboxylic acid groups (broad SMARTS) is 1. The molecule has 19 nitrogen and oxygen atoms in total. The van der Waals surface area contributed by atoms with E-state index in [1.54, 1.807) is 51.9 Å². The summed E-state index contributed by atoms with van der Waals surface area (Å²) in [7, 11) is -4.18. The fourth-order valence-corrected chi connectivity index (χ4v) is 9.49. The number of fused-ring (bicyclic) bond motifs is 3. The predicted octanol–water partition coefficient (Wildman–Crippen LogP) is 7.07. The van der Waals surface area contributed by atoms with Crippen molar-refractivity contribution in [3.63, 3.8) is 0 Å². The molecular weight excluding hydrogens is 945 g/mol. The number of carbonyl (C=O) groups is 6. The molecule has 0 bridgehead atoms. The third-order valence-electron chi connectivity index (χ3n) is 10.8. The highest BCUT2D eigenvalue weighted by Crippen LogP contribution is 2.24. The van der Waals surface area contributed by atoms with Gasteiger partial charge in [0.05, 0.1) is 92.5 Å². The molecule has 0 aliphatic carbocycles. The second-order valence-electron chi connectivity index (χ2n) is 16.4. The maximum absolute atomic E-state index is 12.1. The summed E-state index contributed by atoms with van der Waals surface area (Å²) in [4.78, 5) is 68.4. The first-order valence-corrected chi connectivity index (χ1v) is 26.0. The van der Waals surface area contributed by atoms with Crippen molar-refractivity contribution in [1.29, 1.82) is 0 Å². The molecule has 0 atom stereocenters. The van der Waals surface area contributed by atoms with Crippen LogP contribution in [-0.4, -0.2) is 96.6 Å². The van der Waals surface area contributed by atoms with Crippen molar-refractivity contribution in [1.82, 2.24) is 13.7 Å². The second-order valence-corrected chi connectivity index (χ2v) is 20.1. The number of nitrogens with two attached hydrogens (primary N) is 1. The molecule has 21 heteroatoms. The van der Waals surface area contributed by atoms with Gasteiger partial charge in [-0.15, -0.1) is 0 Å². The Morgan fingerprint density at radius 1 is 0.529 bits per heavy atom. The van der Waals surface area contributed by atoms with Crippen LogP contribution in [0.1, 0.15) is 78.1 Å². The minimum atomic E-state index is -3.39. The third kappa shape index (κ3) is 18.1. The molecule has 3 heterocycles. The first-order valence-electron chi connectivity index (χ1n) is 22.7. The van der Waals surface area contributed by atoms with Crippen LogP contribution >= 0.6 is 0 Å². The lowest BCUT2D eigenvalue weighted by molar-refractivity contribution is -0.142. The van der Waals surface area contributed by atoms with E-state index in [-0.39, 0.29) is 93.0 Å². The summed E-state index contributed by atoms with van der Waals surface area (Å²) in [5.74, 6) is -1.94. The van der Waals surface area contributed by atoms with Crippen molar-refractivity contribution < 1.29 is 60.2 Å². The zero-order valence-corrected chi connectivity index (χ0v) is 41.5. The predicted molar refractivity (Wildman–Crippen MR) is 269 cm³/mol. The number of sulfonamides is 2. The molecule has 0 radical (unpaired) electrons. The lowest BCUT2D eigenvalue weighted by Gasteiger charge is -2.09. The summed E-state index contributed by atoms with van der Waals surface area (Å²) in [6.45, 7) is 4.28. The van der Waals surface area contributed by atoms with E-state index in [0.29, 0.717) is 29.9 Å². The number of unbranched alkanes of at least 4 members (excludes halogenated alkanes) is 2. The van der Waals surface area contributed by atoms with Gasteiger partial charge in [-0.25, -0.2) is 16.8 Å². The van der Waals surface area contributed by atoms with E-state index in [0.717, 1.165) is 45.6 Å². The number of carbonyl (C=O) groups excluding carboxylic acids is 5. The Balaban J connectivity index is 0.000000231. The fraction of sp³-hybridized carbons (Fsp3) is 0.388. The lowest BCUT2D eigenvalue weighted by atomic mass is 10.2. The molecule has 0 saturated carbocycles. The van der Waals surface area contributed by atoms with Gasteiger partial charge in [-0.3, -0.25) is 38.2 Å². The number of rotatable bonds is 25. The minimum absolute atomic E-state index is 0.00896. The van der Waals surface area contributed by atoms with Gasteiger partial charge < -0.3 is 34.0 Å². The number of ketones is 3. The molecule has 6 aromatic rings. The van der Waals surface area contributed by atoms with Crippen molar-refractivity contribution in [3.8, 4) is 0 Å². The van der Waals surface area contributed by atoms with Gasteiger partial charge in [-0.05, 0) is 83.6 Å². The van der Waals surface area contributed by atoms with E-state index in [9.17, 15) is 45.6 Å². The maximum atomic E-state index is 12.1. The van der Waals surface area contributed by atoms with Gasteiger partial charge in [0.25, 0.3) is 0 Å². The van der Waals surface area contributed by atoms with E-state index in [1.165, 1.54) is 14.2 Å². The van der Waals surface area contributed by atoms with E-state index < -0.39 is 32.0 Å². The van der Waals surface area contributed by atoms with Crippen LogP contribution in [0, 0.1) is 0 Å². The molecule has 3 aromatic carbocycles. The topological polar surface area (TPSA) is 274 Å². The van der Waals surface area contributed by atoms with Crippen LogP contribution in [-0.2, 0) is 77.9 Å². The monoisotopic (exact) mass is 1010 g/mol. The molecule has 5 N–H and O–H groups in total. The van der Waals surface area contributed by atoms with Crippen LogP contribution in [0.2, 0.25) is 0 Å². The molecule has 378 valence electrons. The highest BCUT2D eigenvalue weighted by atomic mass is 32.2. The molecule has 70 heavy (non-hydrogen) atoms. The average Bonchev–Trinajstić information content (AvgIpc) is 4.04. The highest BCUT2D eigenvalue weighted by molar-refractivity contribution is 7.92. The van der Waals surface area contributed by atoms with Crippen molar-refractivity contribution in [3.05, 3.63) is 91.4 Å². The van der Waals surface area contributed by atoms with E-state index in [2.05, 4.69) is 18.9 Å². The highest BCUT2D eigenvalue weighted by Gasteiger charge is 2.15. The number of nitrogen functional groups attached to an aromatic ring is 1. The normalized spacial score (nSPS) is 11.3. The number of nitrogens with one attached hydrogen (secondary N) is 2. The Bertz CT molecular complexity index is 3010. The van der Waals surface area contributed by atoms with Gasteiger partial charge in [0.1, 0.15) is 0 Å². The number of carboxylic acids is 1. The van der Waals surface area contributed by atoms with Gasteiger partial charge in [0.2, 0.25) is 20.0 Å². The van der Waals surface area contributed by atoms with Gasteiger partial charge in [-0.2, -0.15) is 0 Å². The molecule has 0 unspecified atom stereocenters. The number of benzene rings is 3. The first kappa shape index (κ1) is 55.6. The molecule has 0 spiro atoms. The number of aromatic nitrogens is 3. The van der Waals surface area contributed by atoms with Crippen LogP contribution in [0.25, 0.3) is 32.7 Å². The van der Waals surface area contributed by atoms with E-state index >= 15 is 0 Å². The largest absolute Gasteiger partial charge is 0.481 e. The molecule has 0 saturated heterocycles. The third-order valence-corrected chi connectivity index (χ3v) is 13.5. The summed E-state index contributed by atoms with van der Waals surface area (Å²) >= 11 is 0. The number of esters is 2. The summed E-state index contributed by atoms with van der Waals surface area (Å²) in [6, 6.07) is 21.6. The maximum Gasteiger partial charge on any atom is 0.305 e. The zero-order valence-electron chi connectivity index (χ0n) is 39.8. The van der Waals surface area contributed by atoms with Crippen LogP contribution in [0.5, 0.6) is 0 Å².